The molecule has 0 saturated carbocycles. The normalized spacial score (nSPS) is 14.1. The topological polar surface area (TPSA) is 106 Å². The molecule has 0 aliphatic heterocycles. The van der Waals surface area contributed by atoms with Gasteiger partial charge in [-0.25, -0.2) is 8.42 Å². The van der Waals surface area contributed by atoms with Crippen molar-refractivity contribution in [2.24, 2.45) is 5.92 Å². The lowest BCUT2D eigenvalue weighted by Gasteiger charge is -2.11. The lowest BCUT2D eigenvalue weighted by atomic mass is 9.93. The molecule has 232 valence electrons. The van der Waals surface area contributed by atoms with E-state index >= 15 is 0 Å². The molecule has 6 aromatic rings. The molecule has 9 heteroatoms. The van der Waals surface area contributed by atoms with Crippen LogP contribution in [-0.4, -0.2) is 38.5 Å². The predicted octanol–water partition coefficient (Wildman–Crippen LogP) is 7.36. The molecule has 8 rings (SSSR count). The molecule has 0 amide bonds. The minimum absolute atomic E-state index is 0.214. The van der Waals surface area contributed by atoms with Crippen LogP contribution in [0.1, 0.15) is 29.2 Å². The molecule has 0 bridgehead atoms. The van der Waals surface area contributed by atoms with Crippen molar-refractivity contribution in [3.8, 4) is 0 Å². The fourth-order valence-corrected chi connectivity index (χ4v) is 6.82. The van der Waals surface area contributed by atoms with Gasteiger partial charge in [0.2, 0.25) is 9.05 Å². The van der Waals surface area contributed by atoms with Crippen molar-refractivity contribution >= 4 is 73.4 Å². The van der Waals surface area contributed by atoms with Crippen LogP contribution in [0.25, 0.3) is 43.1 Å². The summed E-state index contributed by atoms with van der Waals surface area (Å²) in [5, 5.41) is 21.0. The molecule has 0 atom stereocenters. The van der Waals surface area contributed by atoms with Crippen molar-refractivity contribution in [1.82, 2.24) is 0 Å². The minimum Gasteiger partial charge on any atom is -0.392 e. The molecule has 0 radical (unpaired) electrons. The standard InChI is InChI=1S/C18H16.C17H14O.CH3ClO2S.O3S/c1-12-10-17-15-8-4-2-6-13(15)14-7-3-5-9-16(14)18(17)11-12;18-11-9-16-14-7-3-1-5-12(14)13-6-2-4-8-15(13)17(16)10-11;1-5(2,3)4;1-4(2)3/h2-9,12H,10-11H2,1H3;1-8,11,18H,9-10H2;1H3;. The van der Waals surface area contributed by atoms with Gasteiger partial charge in [-0.05, 0) is 96.9 Å². The zero-order valence-electron chi connectivity index (χ0n) is 24.9. The van der Waals surface area contributed by atoms with Crippen LogP contribution in [0, 0.1) is 5.92 Å². The van der Waals surface area contributed by atoms with Gasteiger partial charge < -0.3 is 5.11 Å². The van der Waals surface area contributed by atoms with Crippen LogP contribution in [0.2, 0.25) is 0 Å². The van der Waals surface area contributed by atoms with Crippen molar-refractivity contribution in [3.63, 3.8) is 0 Å². The van der Waals surface area contributed by atoms with Gasteiger partial charge in [0.25, 0.3) is 0 Å². The number of halogens is 1. The van der Waals surface area contributed by atoms with Gasteiger partial charge in [-0.3, -0.25) is 0 Å². The van der Waals surface area contributed by atoms with E-state index in [0.29, 0.717) is 0 Å². The molecule has 0 aromatic heterocycles. The average molecular weight is 661 g/mol. The predicted molar refractivity (Wildman–Crippen MR) is 183 cm³/mol. The second-order valence-corrected chi connectivity index (χ2v) is 15.0. The Kier molecular flexibility index (Phi) is 9.89. The van der Waals surface area contributed by atoms with E-state index in [4.69, 9.17) is 12.6 Å². The van der Waals surface area contributed by atoms with Crippen LogP contribution >= 0.6 is 10.7 Å². The van der Waals surface area contributed by atoms with Crippen molar-refractivity contribution in [3.05, 3.63) is 119 Å². The smallest absolute Gasteiger partial charge is 0.392 e. The van der Waals surface area contributed by atoms with Gasteiger partial charge in [-0.1, -0.05) is 104 Å². The van der Waals surface area contributed by atoms with Crippen molar-refractivity contribution in [1.29, 1.82) is 0 Å². The molecular formula is C36H33ClO6S2. The highest BCUT2D eigenvalue weighted by molar-refractivity contribution is 8.13. The van der Waals surface area contributed by atoms with Crippen LogP contribution in [0.5, 0.6) is 0 Å². The Morgan fingerprint density at radius 2 is 0.756 bits per heavy atom. The first-order valence-corrected chi connectivity index (χ1v) is 18.3. The number of rotatable bonds is 0. The summed E-state index contributed by atoms with van der Waals surface area (Å²) in [6.07, 6.45) is 4.77. The maximum atomic E-state index is 9.97. The van der Waals surface area contributed by atoms with E-state index in [9.17, 15) is 13.5 Å². The van der Waals surface area contributed by atoms with E-state index in [1.54, 1.807) is 11.1 Å². The monoisotopic (exact) mass is 660 g/mol. The molecule has 1 N–H and O–H groups in total. The molecule has 0 saturated heterocycles. The molecular weight excluding hydrogens is 628 g/mol. The van der Waals surface area contributed by atoms with E-state index in [2.05, 4.69) is 115 Å². The van der Waals surface area contributed by atoms with Crippen molar-refractivity contribution in [2.75, 3.05) is 6.26 Å². The SMILES string of the molecule is CC1Cc2c(c3ccccc3c3ccccc23)C1.CS(=O)(=O)Cl.O=S(=O)=O.OC1Cc2c(c3ccccc3c3ccccc23)C1. The van der Waals surface area contributed by atoms with E-state index in [0.717, 1.165) is 25.0 Å². The molecule has 45 heavy (non-hydrogen) atoms. The lowest BCUT2D eigenvalue weighted by molar-refractivity contribution is 0.187. The number of aliphatic hydroxyl groups is 1. The number of hydrogen-bond donors (Lipinski definition) is 1. The van der Waals surface area contributed by atoms with Crippen LogP contribution < -0.4 is 0 Å². The third-order valence-corrected chi connectivity index (χ3v) is 8.30. The van der Waals surface area contributed by atoms with E-state index < -0.39 is 19.7 Å². The zero-order chi connectivity index (χ0) is 32.3. The molecule has 0 heterocycles. The van der Waals surface area contributed by atoms with Crippen LogP contribution in [0.15, 0.2) is 97.1 Å². The largest absolute Gasteiger partial charge is 0.425 e. The first kappa shape index (κ1) is 32.6. The third kappa shape index (κ3) is 7.53. The first-order chi connectivity index (χ1) is 21.4. The fourth-order valence-electron chi connectivity index (χ4n) is 6.82. The number of fused-ring (bicyclic) bond motifs is 12. The van der Waals surface area contributed by atoms with E-state index in [1.165, 1.54) is 67.1 Å². The Hall–Kier alpha value is -3.82. The van der Waals surface area contributed by atoms with Gasteiger partial charge in [0.1, 0.15) is 0 Å². The summed E-state index contributed by atoms with van der Waals surface area (Å²) < 4.78 is 44.1. The summed E-state index contributed by atoms with van der Waals surface area (Å²) in [4.78, 5) is 0. The quantitative estimate of drug-likeness (QED) is 0.135. The molecule has 0 spiro atoms. The van der Waals surface area contributed by atoms with Gasteiger partial charge in [-0.2, -0.15) is 0 Å². The van der Waals surface area contributed by atoms with Crippen LogP contribution in [-0.2, 0) is 45.3 Å². The maximum absolute atomic E-state index is 9.97. The zero-order valence-corrected chi connectivity index (χ0v) is 27.3. The molecule has 0 unspecified atom stereocenters. The van der Waals surface area contributed by atoms with Gasteiger partial charge >= 0.3 is 10.6 Å². The fraction of sp³-hybridized carbons (Fsp3) is 0.222. The third-order valence-electron chi connectivity index (χ3n) is 8.30. The van der Waals surface area contributed by atoms with E-state index in [-0.39, 0.29) is 6.10 Å². The maximum Gasteiger partial charge on any atom is 0.425 e. The highest BCUT2D eigenvalue weighted by Gasteiger charge is 2.24. The van der Waals surface area contributed by atoms with Gasteiger partial charge in [0.15, 0.2) is 0 Å². The second kappa shape index (κ2) is 13.7. The summed E-state index contributed by atoms with van der Waals surface area (Å²) in [6.45, 7) is 2.36. The highest BCUT2D eigenvalue weighted by Crippen LogP contribution is 2.40. The Bertz CT molecular complexity index is 1990. The number of benzene rings is 6. The molecule has 6 nitrogen and oxygen atoms in total. The number of hydrogen-bond acceptors (Lipinski definition) is 6. The summed E-state index contributed by atoms with van der Waals surface area (Å²) >= 11 is 0. The molecule has 2 aliphatic carbocycles. The van der Waals surface area contributed by atoms with Crippen LogP contribution in [0.4, 0.5) is 0 Å². The Balaban J connectivity index is 0.000000141. The van der Waals surface area contributed by atoms with Gasteiger partial charge in [0, 0.05) is 10.7 Å². The first-order valence-electron chi connectivity index (χ1n) is 14.6. The molecule has 6 aromatic carbocycles. The molecule has 0 fully saturated rings. The van der Waals surface area contributed by atoms with Crippen molar-refractivity contribution in [2.45, 2.75) is 38.7 Å². The summed E-state index contributed by atoms with van der Waals surface area (Å²) in [5.41, 5.74) is 5.88. The summed E-state index contributed by atoms with van der Waals surface area (Å²) in [6, 6.07) is 34.8. The highest BCUT2D eigenvalue weighted by atomic mass is 35.7. The summed E-state index contributed by atoms with van der Waals surface area (Å²) in [7, 11) is -1.80. The van der Waals surface area contributed by atoms with Crippen LogP contribution in [0.3, 0.4) is 0 Å². The van der Waals surface area contributed by atoms with Gasteiger partial charge in [-0.15, -0.1) is 12.6 Å². The molecule has 2 aliphatic rings. The van der Waals surface area contributed by atoms with E-state index in [1.807, 2.05) is 0 Å². The minimum atomic E-state index is -3.19. The average Bonchev–Trinajstić information content (AvgIpc) is 3.59. The summed E-state index contributed by atoms with van der Waals surface area (Å²) in [5.74, 6) is 0.786. The Morgan fingerprint density at radius 1 is 0.556 bits per heavy atom. The van der Waals surface area contributed by atoms with Gasteiger partial charge in [0.05, 0.1) is 12.4 Å². The Labute approximate surface area is 268 Å². The number of aliphatic hydroxyl groups excluding tert-OH is 1. The lowest BCUT2D eigenvalue weighted by Crippen LogP contribution is -2.03. The Morgan fingerprint density at radius 3 is 1.00 bits per heavy atom. The van der Waals surface area contributed by atoms with Crippen molar-refractivity contribution < 1.29 is 26.2 Å². The second-order valence-electron chi connectivity index (χ2n) is 11.6.